The third-order valence-electron chi connectivity index (χ3n) is 2.47. The first-order chi connectivity index (χ1) is 8.95. The summed E-state index contributed by atoms with van der Waals surface area (Å²) >= 11 is 9.40. The van der Waals surface area contributed by atoms with Gasteiger partial charge in [-0.1, -0.05) is 25.4 Å². The Morgan fingerprint density at radius 3 is 2.63 bits per heavy atom. The predicted octanol–water partition coefficient (Wildman–Crippen LogP) is 4.34. The van der Waals surface area contributed by atoms with Crippen LogP contribution in [0.1, 0.15) is 25.6 Å². The first-order valence-corrected chi connectivity index (χ1v) is 6.99. The summed E-state index contributed by atoms with van der Waals surface area (Å²) in [6, 6.07) is 7.29. The van der Waals surface area contributed by atoms with Crippen molar-refractivity contribution in [1.82, 2.24) is 9.97 Å². The van der Waals surface area contributed by atoms with Crippen molar-refractivity contribution in [3.05, 3.63) is 39.6 Å². The molecule has 0 amide bonds. The number of hydrogen-bond acceptors (Lipinski definition) is 4. The Morgan fingerprint density at radius 2 is 2.00 bits per heavy atom. The lowest BCUT2D eigenvalue weighted by Gasteiger charge is -2.10. The quantitative estimate of drug-likeness (QED) is 0.871. The normalized spacial score (nSPS) is 10.8. The molecule has 0 aliphatic rings. The molecule has 0 unspecified atom stereocenters. The maximum atomic E-state index is 6.05. The SMILES string of the molecule is CC(C)c1nc(N)cc(Nc2ccc(Br)c(Cl)c2)n1. The van der Waals surface area contributed by atoms with Crippen LogP contribution in [0.2, 0.25) is 5.02 Å². The van der Waals surface area contributed by atoms with Gasteiger partial charge in [-0.15, -0.1) is 0 Å². The molecule has 1 heterocycles. The van der Waals surface area contributed by atoms with Crippen LogP contribution in [0.15, 0.2) is 28.7 Å². The highest BCUT2D eigenvalue weighted by Gasteiger charge is 2.07. The molecule has 0 aliphatic heterocycles. The summed E-state index contributed by atoms with van der Waals surface area (Å²) < 4.78 is 0.852. The number of anilines is 3. The van der Waals surface area contributed by atoms with Crippen LogP contribution in [-0.2, 0) is 0 Å². The fourth-order valence-corrected chi connectivity index (χ4v) is 1.96. The van der Waals surface area contributed by atoms with Gasteiger partial charge in [0.25, 0.3) is 0 Å². The van der Waals surface area contributed by atoms with Crippen molar-refractivity contribution in [2.45, 2.75) is 19.8 Å². The van der Waals surface area contributed by atoms with Gasteiger partial charge in [0.15, 0.2) is 0 Å². The molecule has 100 valence electrons. The Morgan fingerprint density at radius 1 is 1.26 bits per heavy atom. The smallest absolute Gasteiger partial charge is 0.136 e. The summed E-state index contributed by atoms with van der Waals surface area (Å²) in [5, 5.41) is 3.81. The van der Waals surface area contributed by atoms with E-state index >= 15 is 0 Å². The monoisotopic (exact) mass is 340 g/mol. The fourth-order valence-electron chi connectivity index (χ4n) is 1.53. The van der Waals surface area contributed by atoms with Crippen molar-refractivity contribution in [2.24, 2.45) is 0 Å². The van der Waals surface area contributed by atoms with Crippen LogP contribution in [0.3, 0.4) is 0 Å². The number of halogens is 2. The molecular weight excluding hydrogens is 328 g/mol. The molecule has 0 fully saturated rings. The van der Waals surface area contributed by atoms with Crippen LogP contribution >= 0.6 is 27.5 Å². The first kappa shape index (κ1) is 14.1. The van der Waals surface area contributed by atoms with Gasteiger partial charge in [-0.25, -0.2) is 9.97 Å². The van der Waals surface area contributed by atoms with Crippen molar-refractivity contribution in [3.63, 3.8) is 0 Å². The van der Waals surface area contributed by atoms with E-state index in [-0.39, 0.29) is 5.92 Å². The minimum atomic E-state index is 0.220. The molecule has 1 aromatic carbocycles. The van der Waals surface area contributed by atoms with Gasteiger partial charge in [-0.2, -0.15) is 0 Å². The van der Waals surface area contributed by atoms with E-state index < -0.39 is 0 Å². The summed E-state index contributed by atoms with van der Waals surface area (Å²) in [5.74, 6) is 2.04. The Labute approximate surface area is 125 Å². The standard InChI is InChI=1S/C13H14BrClN4/c1-7(2)13-18-11(16)6-12(19-13)17-8-3-4-9(14)10(15)5-8/h3-7H,1-2H3,(H3,16,17,18,19). The summed E-state index contributed by atoms with van der Waals surface area (Å²) in [7, 11) is 0. The van der Waals surface area contributed by atoms with Gasteiger partial charge in [0, 0.05) is 22.1 Å². The summed E-state index contributed by atoms with van der Waals surface area (Å²) in [6.45, 7) is 4.05. The second-order valence-corrected chi connectivity index (χ2v) is 5.71. The second kappa shape index (κ2) is 5.75. The number of hydrogen-bond donors (Lipinski definition) is 2. The Kier molecular flexibility index (Phi) is 4.27. The van der Waals surface area contributed by atoms with E-state index in [9.17, 15) is 0 Å². The molecule has 2 rings (SSSR count). The van der Waals surface area contributed by atoms with E-state index in [0.717, 1.165) is 10.2 Å². The third-order valence-corrected chi connectivity index (χ3v) is 3.70. The van der Waals surface area contributed by atoms with Crippen molar-refractivity contribution in [3.8, 4) is 0 Å². The number of benzene rings is 1. The highest BCUT2D eigenvalue weighted by molar-refractivity contribution is 9.10. The highest BCUT2D eigenvalue weighted by atomic mass is 79.9. The zero-order valence-corrected chi connectivity index (χ0v) is 13.0. The number of nitrogens with two attached hydrogens (primary N) is 1. The Bertz CT molecular complexity index is 601. The number of rotatable bonds is 3. The molecule has 0 saturated carbocycles. The molecule has 0 bridgehead atoms. The van der Waals surface area contributed by atoms with Gasteiger partial charge in [0.2, 0.25) is 0 Å². The molecule has 19 heavy (non-hydrogen) atoms. The van der Waals surface area contributed by atoms with E-state index in [2.05, 4.69) is 31.2 Å². The molecular formula is C13H14BrClN4. The molecule has 0 aliphatic carbocycles. The van der Waals surface area contributed by atoms with Gasteiger partial charge in [-0.3, -0.25) is 0 Å². The van der Waals surface area contributed by atoms with E-state index in [1.54, 1.807) is 6.07 Å². The van der Waals surface area contributed by atoms with Crippen LogP contribution in [-0.4, -0.2) is 9.97 Å². The molecule has 2 aromatic rings. The lowest BCUT2D eigenvalue weighted by Crippen LogP contribution is -2.04. The zero-order valence-electron chi connectivity index (χ0n) is 10.6. The molecule has 3 N–H and O–H groups in total. The van der Waals surface area contributed by atoms with Crippen LogP contribution in [0, 0.1) is 0 Å². The number of nitrogens with one attached hydrogen (secondary N) is 1. The van der Waals surface area contributed by atoms with Gasteiger partial charge in [0.05, 0.1) is 5.02 Å². The third kappa shape index (κ3) is 3.58. The average molecular weight is 342 g/mol. The van der Waals surface area contributed by atoms with Gasteiger partial charge < -0.3 is 11.1 Å². The molecule has 0 spiro atoms. The lowest BCUT2D eigenvalue weighted by molar-refractivity contribution is 0.779. The maximum absolute atomic E-state index is 6.05. The lowest BCUT2D eigenvalue weighted by atomic mass is 10.2. The minimum absolute atomic E-state index is 0.220. The van der Waals surface area contributed by atoms with Crippen LogP contribution in [0.5, 0.6) is 0 Å². The summed E-state index contributed by atoms with van der Waals surface area (Å²) in [6.07, 6.45) is 0. The molecule has 6 heteroatoms. The van der Waals surface area contributed by atoms with Crippen molar-refractivity contribution in [1.29, 1.82) is 0 Å². The predicted molar refractivity (Wildman–Crippen MR) is 83.0 cm³/mol. The fraction of sp³-hybridized carbons (Fsp3) is 0.231. The number of nitrogens with zero attached hydrogens (tertiary/aromatic N) is 2. The molecule has 0 radical (unpaired) electrons. The number of nitrogen functional groups attached to an aromatic ring is 1. The van der Waals surface area contributed by atoms with Gasteiger partial charge in [0.1, 0.15) is 17.5 Å². The van der Waals surface area contributed by atoms with Gasteiger partial charge >= 0.3 is 0 Å². The maximum Gasteiger partial charge on any atom is 0.136 e. The first-order valence-electron chi connectivity index (χ1n) is 5.82. The molecule has 4 nitrogen and oxygen atoms in total. The topological polar surface area (TPSA) is 63.8 Å². The van der Waals surface area contributed by atoms with E-state index in [4.69, 9.17) is 17.3 Å². The van der Waals surface area contributed by atoms with Crippen LogP contribution in [0.25, 0.3) is 0 Å². The largest absolute Gasteiger partial charge is 0.384 e. The average Bonchev–Trinajstić information content (AvgIpc) is 2.33. The van der Waals surface area contributed by atoms with Crippen molar-refractivity contribution >= 4 is 44.9 Å². The van der Waals surface area contributed by atoms with E-state index in [1.807, 2.05) is 32.0 Å². The molecule has 0 atom stereocenters. The van der Waals surface area contributed by atoms with E-state index in [1.165, 1.54) is 0 Å². The highest BCUT2D eigenvalue weighted by Crippen LogP contribution is 2.27. The Balaban J connectivity index is 2.29. The van der Waals surface area contributed by atoms with Crippen LogP contribution < -0.4 is 11.1 Å². The van der Waals surface area contributed by atoms with Crippen LogP contribution in [0.4, 0.5) is 17.3 Å². The second-order valence-electron chi connectivity index (χ2n) is 4.44. The minimum Gasteiger partial charge on any atom is -0.384 e. The number of aromatic nitrogens is 2. The van der Waals surface area contributed by atoms with Crippen molar-refractivity contribution in [2.75, 3.05) is 11.1 Å². The summed E-state index contributed by atoms with van der Waals surface area (Å²) in [5.41, 5.74) is 6.63. The van der Waals surface area contributed by atoms with E-state index in [0.29, 0.717) is 22.5 Å². The molecule has 1 aromatic heterocycles. The summed E-state index contributed by atoms with van der Waals surface area (Å²) in [4.78, 5) is 8.62. The Hall–Kier alpha value is -1.33. The zero-order chi connectivity index (χ0) is 14.0. The molecule has 0 saturated heterocycles. The van der Waals surface area contributed by atoms with Crippen molar-refractivity contribution < 1.29 is 0 Å². The van der Waals surface area contributed by atoms with Gasteiger partial charge in [-0.05, 0) is 34.1 Å².